The minimum atomic E-state index is -0.155. The Morgan fingerprint density at radius 1 is 1.22 bits per heavy atom. The molecule has 1 amide bonds. The fourth-order valence-electron chi connectivity index (χ4n) is 2.35. The van der Waals surface area contributed by atoms with E-state index in [1.165, 1.54) is 5.56 Å². The van der Waals surface area contributed by atoms with Gasteiger partial charge in [-0.05, 0) is 37.6 Å². The van der Waals surface area contributed by atoms with E-state index in [-0.39, 0.29) is 12.5 Å². The number of thiazole rings is 1. The fourth-order valence-corrected chi connectivity index (χ4v) is 3.26. The molecule has 23 heavy (non-hydrogen) atoms. The number of rotatable bonds is 5. The third kappa shape index (κ3) is 3.94. The van der Waals surface area contributed by atoms with Crippen LogP contribution in [0.3, 0.4) is 0 Å². The number of aromatic nitrogens is 1. The maximum Gasteiger partial charge on any atom is 0.250 e. The van der Waals surface area contributed by atoms with Gasteiger partial charge >= 0.3 is 0 Å². The van der Waals surface area contributed by atoms with Crippen molar-refractivity contribution in [3.8, 4) is 0 Å². The molecule has 0 spiro atoms. The van der Waals surface area contributed by atoms with E-state index >= 15 is 0 Å². The predicted molar refractivity (Wildman–Crippen MR) is 93.8 cm³/mol. The highest BCUT2D eigenvalue weighted by atomic mass is 32.1. The van der Waals surface area contributed by atoms with Crippen molar-refractivity contribution in [3.63, 3.8) is 0 Å². The Labute approximate surface area is 139 Å². The van der Waals surface area contributed by atoms with E-state index in [0.29, 0.717) is 6.61 Å². The summed E-state index contributed by atoms with van der Waals surface area (Å²) >= 11 is 1.59. The Morgan fingerprint density at radius 3 is 2.83 bits per heavy atom. The molecule has 3 rings (SSSR count). The minimum Gasteiger partial charge on any atom is -0.364 e. The second kappa shape index (κ2) is 6.89. The van der Waals surface area contributed by atoms with Crippen molar-refractivity contribution in [2.75, 3.05) is 11.9 Å². The van der Waals surface area contributed by atoms with E-state index in [9.17, 15) is 4.79 Å². The van der Waals surface area contributed by atoms with Gasteiger partial charge in [-0.15, -0.1) is 11.3 Å². The molecule has 0 saturated heterocycles. The first-order valence-corrected chi connectivity index (χ1v) is 8.23. The number of carbonyl (C=O) groups excluding carboxylic acids is 1. The van der Waals surface area contributed by atoms with Crippen LogP contribution in [-0.4, -0.2) is 17.5 Å². The summed E-state index contributed by atoms with van der Waals surface area (Å²) < 4.78 is 6.61. The molecule has 0 aliphatic carbocycles. The Morgan fingerprint density at radius 2 is 2.04 bits per heavy atom. The lowest BCUT2D eigenvalue weighted by molar-refractivity contribution is -0.121. The number of amides is 1. The van der Waals surface area contributed by atoms with Crippen LogP contribution in [0.15, 0.2) is 42.5 Å². The monoisotopic (exact) mass is 326 g/mol. The number of fused-ring (bicyclic) bond motifs is 1. The van der Waals surface area contributed by atoms with Crippen LogP contribution in [0.5, 0.6) is 0 Å². The highest BCUT2D eigenvalue weighted by Crippen LogP contribution is 2.22. The maximum atomic E-state index is 12.0. The van der Waals surface area contributed by atoms with E-state index < -0.39 is 0 Å². The van der Waals surface area contributed by atoms with Crippen molar-refractivity contribution in [1.82, 2.24) is 4.98 Å². The number of anilines is 1. The smallest absolute Gasteiger partial charge is 0.250 e. The van der Waals surface area contributed by atoms with Crippen molar-refractivity contribution in [2.45, 2.75) is 20.5 Å². The summed E-state index contributed by atoms with van der Waals surface area (Å²) in [6, 6.07) is 13.9. The molecule has 0 unspecified atom stereocenters. The van der Waals surface area contributed by atoms with Gasteiger partial charge in [0, 0.05) is 5.69 Å². The zero-order chi connectivity index (χ0) is 16.2. The summed E-state index contributed by atoms with van der Waals surface area (Å²) in [5, 5.41) is 3.75. The van der Waals surface area contributed by atoms with E-state index in [1.54, 1.807) is 11.3 Å². The minimum absolute atomic E-state index is 0.0171. The Bertz CT molecular complexity index is 809. The van der Waals surface area contributed by atoms with Crippen LogP contribution in [-0.2, 0) is 16.1 Å². The second-order valence-electron chi connectivity index (χ2n) is 5.43. The molecule has 0 bridgehead atoms. The predicted octanol–water partition coefficient (Wildman–Crippen LogP) is 4.07. The van der Waals surface area contributed by atoms with Crippen LogP contribution in [0.4, 0.5) is 5.69 Å². The van der Waals surface area contributed by atoms with Crippen molar-refractivity contribution >= 4 is 33.1 Å². The van der Waals surface area contributed by atoms with Gasteiger partial charge in [-0.1, -0.05) is 29.8 Å². The molecule has 4 nitrogen and oxygen atoms in total. The van der Waals surface area contributed by atoms with E-state index in [0.717, 1.165) is 26.5 Å². The van der Waals surface area contributed by atoms with Crippen LogP contribution in [0.2, 0.25) is 0 Å². The average Bonchev–Trinajstić information content (AvgIpc) is 2.93. The first kappa shape index (κ1) is 15.6. The van der Waals surface area contributed by atoms with E-state index in [2.05, 4.69) is 10.3 Å². The topological polar surface area (TPSA) is 51.2 Å². The Hall–Kier alpha value is -2.24. The molecule has 118 valence electrons. The molecule has 2 aromatic carbocycles. The lowest BCUT2D eigenvalue weighted by Crippen LogP contribution is -2.18. The zero-order valence-electron chi connectivity index (χ0n) is 13.1. The van der Waals surface area contributed by atoms with E-state index in [1.807, 2.05) is 56.3 Å². The van der Waals surface area contributed by atoms with Crippen LogP contribution < -0.4 is 5.32 Å². The molecule has 0 fully saturated rings. The molecule has 0 atom stereocenters. The number of para-hydroxylation sites is 1. The molecule has 0 saturated carbocycles. The summed E-state index contributed by atoms with van der Waals surface area (Å²) in [5.74, 6) is -0.155. The fraction of sp³-hybridized carbons (Fsp3) is 0.222. The van der Waals surface area contributed by atoms with Crippen molar-refractivity contribution in [3.05, 3.63) is 58.6 Å². The third-order valence-electron chi connectivity index (χ3n) is 3.45. The standard InChI is InChI=1S/C18H18N2O2S/c1-12-7-8-14(13(2)9-12)19-17(21)10-22-11-18-20-15-5-3-4-6-16(15)23-18/h3-9H,10-11H2,1-2H3,(H,19,21). The van der Waals surface area contributed by atoms with Gasteiger partial charge in [0.05, 0.1) is 16.8 Å². The zero-order valence-corrected chi connectivity index (χ0v) is 13.9. The molecule has 0 radical (unpaired) electrons. The quantitative estimate of drug-likeness (QED) is 0.769. The molecule has 3 aromatic rings. The third-order valence-corrected chi connectivity index (χ3v) is 4.46. The molecule has 0 aliphatic rings. The highest BCUT2D eigenvalue weighted by molar-refractivity contribution is 7.18. The summed E-state index contributed by atoms with van der Waals surface area (Å²) in [4.78, 5) is 16.4. The molecule has 5 heteroatoms. The molecule has 1 N–H and O–H groups in total. The highest BCUT2D eigenvalue weighted by Gasteiger charge is 2.07. The first-order valence-electron chi connectivity index (χ1n) is 7.41. The normalized spacial score (nSPS) is 10.9. The molecule has 0 aliphatic heterocycles. The van der Waals surface area contributed by atoms with Gasteiger partial charge in [0.1, 0.15) is 11.6 Å². The Kier molecular flexibility index (Phi) is 4.69. The van der Waals surface area contributed by atoms with Gasteiger partial charge in [-0.25, -0.2) is 4.98 Å². The van der Waals surface area contributed by atoms with Crippen LogP contribution in [0.25, 0.3) is 10.2 Å². The maximum absolute atomic E-state index is 12.0. The molecular weight excluding hydrogens is 308 g/mol. The van der Waals surface area contributed by atoms with Crippen LogP contribution in [0, 0.1) is 13.8 Å². The summed E-state index contributed by atoms with van der Waals surface area (Å²) in [6.45, 7) is 4.37. The van der Waals surface area contributed by atoms with Gasteiger partial charge in [-0.2, -0.15) is 0 Å². The lowest BCUT2D eigenvalue weighted by atomic mass is 10.1. The number of benzene rings is 2. The lowest BCUT2D eigenvalue weighted by Gasteiger charge is -2.09. The van der Waals surface area contributed by atoms with Gasteiger partial charge < -0.3 is 10.1 Å². The number of hydrogen-bond acceptors (Lipinski definition) is 4. The van der Waals surface area contributed by atoms with Gasteiger partial charge in [0.15, 0.2) is 0 Å². The number of ether oxygens (including phenoxy) is 1. The summed E-state index contributed by atoms with van der Waals surface area (Å²) in [6.07, 6.45) is 0. The number of carbonyl (C=O) groups is 1. The largest absolute Gasteiger partial charge is 0.364 e. The summed E-state index contributed by atoms with van der Waals surface area (Å²) in [5.41, 5.74) is 4.01. The van der Waals surface area contributed by atoms with Crippen molar-refractivity contribution < 1.29 is 9.53 Å². The SMILES string of the molecule is Cc1ccc(NC(=O)COCc2nc3ccccc3s2)c(C)c1. The number of nitrogens with one attached hydrogen (secondary N) is 1. The van der Waals surface area contributed by atoms with Gasteiger partial charge in [0.2, 0.25) is 5.91 Å². The number of aryl methyl sites for hydroxylation is 2. The first-order chi connectivity index (χ1) is 11.1. The molecule has 1 heterocycles. The Balaban J connectivity index is 1.52. The van der Waals surface area contributed by atoms with Crippen molar-refractivity contribution in [1.29, 1.82) is 0 Å². The van der Waals surface area contributed by atoms with Crippen LogP contribution >= 0.6 is 11.3 Å². The number of nitrogens with zero attached hydrogens (tertiary/aromatic N) is 1. The van der Waals surface area contributed by atoms with Crippen LogP contribution in [0.1, 0.15) is 16.1 Å². The van der Waals surface area contributed by atoms with Gasteiger partial charge in [0.25, 0.3) is 0 Å². The summed E-state index contributed by atoms with van der Waals surface area (Å²) in [7, 11) is 0. The van der Waals surface area contributed by atoms with E-state index in [4.69, 9.17) is 4.74 Å². The molecular formula is C18H18N2O2S. The average molecular weight is 326 g/mol. The van der Waals surface area contributed by atoms with Crippen molar-refractivity contribution in [2.24, 2.45) is 0 Å². The second-order valence-corrected chi connectivity index (χ2v) is 6.55. The number of hydrogen-bond donors (Lipinski definition) is 1. The van der Waals surface area contributed by atoms with Gasteiger partial charge in [-0.3, -0.25) is 4.79 Å². The molecule has 1 aromatic heterocycles.